The second-order valence-corrected chi connectivity index (χ2v) is 6.42. The lowest BCUT2D eigenvalue weighted by Gasteiger charge is -2.25. The summed E-state index contributed by atoms with van der Waals surface area (Å²) in [7, 11) is -1.80. The summed E-state index contributed by atoms with van der Waals surface area (Å²) in [5, 5.41) is 0. The van der Waals surface area contributed by atoms with Crippen LogP contribution in [0.25, 0.3) is 0 Å². The zero-order chi connectivity index (χ0) is 13.2. The molecule has 1 aromatic carbocycles. The summed E-state index contributed by atoms with van der Waals surface area (Å²) >= 11 is 0. The van der Waals surface area contributed by atoms with Crippen LogP contribution in [-0.4, -0.2) is 32.9 Å². The van der Waals surface area contributed by atoms with E-state index in [1.807, 2.05) is 18.2 Å². The van der Waals surface area contributed by atoms with Gasteiger partial charge in [0.1, 0.15) is 0 Å². The van der Waals surface area contributed by atoms with E-state index in [2.05, 4.69) is 0 Å². The van der Waals surface area contributed by atoms with Crippen molar-refractivity contribution in [2.24, 2.45) is 5.73 Å². The highest BCUT2D eigenvalue weighted by molar-refractivity contribution is 7.90. The van der Waals surface area contributed by atoms with E-state index in [0.29, 0.717) is 25.3 Å². The first kappa shape index (κ1) is 13.3. The van der Waals surface area contributed by atoms with E-state index in [-0.39, 0.29) is 0 Å². The van der Waals surface area contributed by atoms with Crippen LogP contribution in [0, 0.1) is 0 Å². The van der Waals surface area contributed by atoms with E-state index in [1.165, 1.54) is 8.61 Å². The fourth-order valence-corrected chi connectivity index (χ4v) is 3.55. The lowest BCUT2D eigenvalue weighted by atomic mass is 10.2. The maximum Gasteiger partial charge on any atom is 0.303 e. The maximum atomic E-state index is 12.4. The van der Waals surface area contributed by atoms with Gasteiger partial charge in [0.15, 0.2) is 0 Å². The summed E-state index contributed by atoms with van der Waals surface area (Å²) in [6.07, 6.45) is 1.88. The molecule has 1 saturated heterocycles. The van der Waals surface area contributed by atoms with Gasteiger partial charge in [0, 0.05) is 26.7 Å². The Morgan fingerprint density at radius 3 is 2.61 bits per heavy atom. The van der Waals surface area contributed by atoms with E-state index < -0.39 is 10.2 Å². The van der Waals surface area contributed by atoms with Crippen LogP contribution in [0.1, 0.15) is 18.4 Å². The van der Waals surface area contributed by atoms with Crippen molar-refractivity contribution in [2.75, 3.05) is 24.4 Å². The lowest BCUT2D eigenvalue weighted by molar-refractivity contribution is 0.476. The molecular formula is C12H19N3O2S. The number of anilines is 1. The normalized spacial score (nSPS) is 17.0. The van der Waals surface area contributed by atoms with Crippen molar-refractivity contribution in [1.82, 2.24) is 4.31 Å². The van der Waals surface area contributed by atoms with Gasteiger partial charge in [0.05, 0.1) is 5.69 Å². The molecule has 18 heavy (non-hydrogen) atoms. The summed E-state index contributed by atoms with van der Waals surface area (Å²) in [5.74, 6) is 0. The highest BCUT2D eigenvalue weighted by atomic mass is 32.2. The maximum absolute atomic E-state index is 12.4. The summed E-state index contributed by atoms with van der Waals surface area (Å²) in [5.41, 5.74) is 7.16. The number of nitrogens with two attached hydrogens (primary N) is 1. The largest absolute Gasteiger partial charge is 0.326 e. The SMILES string of the molecule is CN(c1cccc(CN)c1)S(=O)(=O)N1CCCC1. The Morgan fingerprint density at radius 2 is 2.00 bits per heavy atom. The third kappa shape index (κ3) is 2.50. The molecule has 0 atom stereocenters. The molecule has 0 radical (unpaired) electrons. The molecule has 1 aliphatic heterocycles. The van der Waals surface area contributed by atoms with Crippen LogP contribution in [0.15, 0.2) is 24.3 Å². The summed E-state index contributed by atoms with van der Waals surface area (Å²) < 4.78 is 27.6. The molecule has 2 N–H and O–H groups in total. The molecule has 0 saturated carbocycles. The van der Waals surface area contributed by atoms with E-state index >= 15 is 0 Å². The fraction of sp³-hybridized carbons (Fsp3) is 0.500. The zero-order valence-electron chi connectivity index (χ0n) is 10.5. The molecule has 0 spiro atoms. The van der Waals surface area contributed by atoms with Crippen LogP contribution in [-0.2, 0) is 16.8 Å². The van der Waals surface area contributed by atoms with Gasteiger partial charge in [-0.2, -0.15) is 12.7 Å². The minimum atomic E-state index is -3.39. The van der Waals surface area contributed by atoms with Crippen molar-refractivity contribution < 1.29 is 8.42 Å². The predicted molar refractivity (Wildman–Crippen MR) is 72.5 cm³/mol. The van der Waals surface area contributed by atoms with Gasteiger partial charge >= 0.3 is 10.2 Å². The van der Waals surface area contributed by atoms with Gasteiger partial charge in [-0.05, 0) is 30.5 Å². The van der Waals surface area contributed by atoms with Gasteiger partial charge < -0.3 is 5.73 Å². The molecule has 0 bridgehead atoms. The Bertz CT molecular complexity index is 510. The highest BCUT2D eigenvalue weighted by Gasteiger charge is 2.29. The molecule has 0 aliphatic carbocycles. The van der Waals surface area contributed by atoms with Crippen LogP contribution < -0.4 is 10.0 Å². The molecule has 6 heteroatoms. The van der Waals surface area contributed by atoms with E-state index in [1.54, 1.807) is 13.1 Å². The molecule has 1 fully saturated rings. The average molecular weight is 269 g/mol. The molecule has 1 aliphatic rings. The molecule has 5 nitrogen and oxygen atoms in total. The van der Waals surface area contributed by atoms with Crippen molar-refractivity contribution in [3.05, 3.63) is 29.8 Å². The van der Waals surface area contributed by atoms with Crippen molar-refractivity contribution in [3.8, 4) is 0 Å². The first-order valence-corrected chi connectivity index (χ1v) is 7.48. The van der Waals surface area contributed by atoms with Crippen LogP contribution in [0.3, 0.4) is 0 Å². The summed E-state index contributed by atoms with van der Waals surface area (Å²) in [6.45, 7) is 1.64. The van der Waals surface area contributed by atoms with E-state index in [0.717, 1.165) is 18.4 Å². The van der Waals surface area contributed by atoms with Crippen LogP contribution in [0.4, 0.5) is 5.69 Å². The van der Waals surface area contributed by atoms with Gasteiger partial charge in [-0.25, -0.2) is 0 Å². The Kier molecular flexibility index (Phi) is 3.89. The third-order valence-corrected chi connectivity index (χ3v) is 5.17. The van der Waals surface area contributed by atoms with E-state index in [9.17, 15) is 8.42 Å². The Morgan fingerprint density at radius 1 is 1.33 bits per heavy atom. The number of benzene rings is 1. The number of hydrogen-bond acceptors (Lipinski definition) is 3. The highest BCUT2D eigenvalue weighted by Crippen LogP contribution is 2.22. The second kappa shape index (κ2) is 5.26. The smallest absolute Gasteiger partial charge is 0.303 e. The molecule has 1 aromatic rings. The Labute approximate surface area is 108 Å². The molecule has 1 heterocycles. The summed E-state index contributed by atoms with van der Waals surface area (Å²) in [6, 6.07) is 7.31. The Balaban J connectivity index is 2.26. The van der Waals surface area contributed by atoms with Crippen molar-refractivity contribution >= 4 is 15.9 Å². The van der Waals surface area contributed by atoms with Gasteiger partial charge in [-0.15, -0.1) is 0 Å². The van der Waals surface area contributed by atoms with Crippen LogP contribution in [0.5, 0.6) is 0 Å². The summed E-state index contributed by atoms with van der Waals surface area (Å²) in [4.78, 5) is 0. The molecule has 0 aromatic heterocycles. The number of nitrogens with zero attached hydrogens (tertiary/aromatic N) is 2. The molecular weight excluding hydrogens is 250 g/mol. The predicted octanol–water partition coefficient (Wildman–Crippen LogP) is 0.922. The van der Waals surface area contributed by atoms with Gasteiger partial charge in [0.25, 0.3) is 0 Å². The third-order valence-electron chi connectivity index (χ3n) is 3.25. The molecule has 2 rings (SSSR count). The molecule has 0 unspecified atom stereocenters. The van der Waals surface area contributed by atoms with Crippen molar-refractivity contribution in [2.45, 2.75) is 19.4 Å². The van der Waals surface area contributed by atoms with Crippen molar-refractivity contribution in [3.63, 3.8) is 0 Å². The first-order chi connectivity index (χ1) is 8.55. The Hall–Kier alpha value is -1.11. The minimum Gasteiger partial charge on any atom is -0.326 e. The standard InChI is InChI=1S/C12H19N3O2S/c1-14(12-6-4-5-11(9-12)10-13)18(16,17)15-7-2-3-8-15/h4-6,9H,2-3,7-8,10,13H2,1H3. The van der Waals surface area contributed by atoms with Gasteiger partial charge in [0.2, 0.25) is 0 Å². The number of rotatable bonds is 4. The lowest BCUT2D eigenvalue weighted by Crippen LogP contribution is -2.40. The number of hydrogen-bond donors (Lipinski definition) is 1. The van der Waals surface area contributed by atoms with Crippen molar-refractivity contribution in [1.29, 1.82) is 0 Å². The quantitative estimate of drug-likeness (QED) is 0.884. The molecule has 0 amide bonds. The average Bonchev–Trinajstić information content (AvgIpc) is 2.92. The van der Waals surface area contributed by atoms with Gasteiger partial charge in [-0.1, -0.05) is 12.1 Å². The first-order valence-electron chi connectivity index (χ1n) is 6.08. The fourth-order valence-electron chi connectivity index (χ4n) is 2.10. The molecule has 100 valence electrons. The van der Waals surface area contributed by atoms with E-state index in [4.69, 9.17) is 5.73 Å². The van der Waals surface area contributed by atoms with Crippen LogP contribution in [0.2, 0.25) is 0 Å². The monoisotopic (exact) mass is 269 g/mol. The second-order valence-electron chi connectivity index (χ2n) is 4.46. The minimum absolute atomic E-state index is 0.408. The van der Waals surface area contributed by atoms with Gasteiger partial charge in [-0.3, -0.25) is 4.31 Å². The topological polar surface area (TPSA) is 66.6 Å². The van der Waals surface area contributed by atoms with Crippen LogP contribution >= 0.6 is 0 Å². The zero-order valence-corrected chi connectivity index (χ0v) is 11.4.